The van der Waals surface area contributed by atoms with E-state index in [0.29, 0.717) is 13.2 Å². The van der Waals surface area contributed by atoms with Crippen LogP contribution in [0.3, 0.4) is 0 Å². The molecule has 130 valence electrons. The van der Waals surface area contributed by atoms with Crippen molar-refractivity contribution in [1.82, 2.24) is 0 Å². The van der Waals surface area contributed by atoms with Crippen molar-refractivity contribution in [2.45, 2.75) is 53.1 Å². The van der Waals surface area contributed by atoms with Gasteiger partial charge in [0.15, 0.2) is 0 Å². The smallest absolute Gasteiger partial charge is 0.257 e. The predicted octanol–water partition coefficient (Wildman–Crippen LogP) is 2.84. The van der Waals surface area contributed by atoms with Gasteiger partial charge in [0.05, 0.1) is 18.1 Å². The number of nitrogens with zero attached hydrogens (tertiary/aromatic N) is 2. The first-order valence-corrected chi connectivity index (χ1v) is 8.31. The Morgan fingerprint density at radius 1 is 0.826 bits per heavy atom. The Morgan fingerprint density at radius 3 is 1.48 bits per heavy atom. The van der Waals surface area contributed by atoms with E-state index in [1.54, 1.807) is 13.8 Å². The Balaban J connectivity index is 3.65. The Hall–Kier alpha value is -1.18. The largest absolute Gasteiger partial charge is 0.345 e. The second-order valence-electron chi connectivity index (χ2n) is 5.77. The van der Waals surface area contributed by atoms with E-state index >= 15 is 0 Å². The third kappa shape index (κ3) is 2.45. The highest BCUT2D eigenvalue weighted by Crippen LogP contribution is 2.67. The average Bonchev–Trinajstić information content (AvgIpc) is 2.51. The molecule has 1 aliphatic rings. The molecule has 1 rings (SSSR count). The molecule has 1 saturated carbocycles. The van der Waals surface area contributed by atoms with E-state index in [1.807, 2.05) is 27.7 Å². The molecule has 0 spiro atoms. The molecular formula is C17H28N2O4. The van der Waals surface area contributed by atoms with E-state index in [2.05, 4.69) is 12.1 Å². The molecule has 23 heavy (non-hydrogen) atoms. The van der Waals surface area contributed by atoms with Gasteiger partial charge in [-0.15, -0.1) is 0 Å². The summed E-state index contributed by atoms with van der Waals surface area (Å²) in [7, 11) is 0. The van der Waals surface area contributed by atoms with E-state index in [9.17, 15) is 10.5 Å². The van der Waals surface area contributed by atoms with Crippen LogP contribution in [0.15, 0.2) is 0 Å². The molecular weight excluding hydrogens is 296 g/mol. The number of hydrogen-bond donors (Lipinski definition) is 0. The topological polar surface area (TPSA) is 84.5 Å². The van der Waals surface area contributed by atoms with Crippen molar-refractivity contribution < 1.29 is 18.9 Å². The van der Waals surface area contributed by atoms with Gasteiger partial charge in [-0.3, -0.25) is 0 Å². The summed E-state index contributed by atoms with van der Waals surface area (Å²) in [5.41, 5.74) is -1.49. The summed E-state index contributed by atoms with van der Waals surface area (Å²) in [4.78, 5) is 0. The third-order valence-corrected chi connectivity index (χ3v) is 4.29. The standard InChI is InChI=1S/C17H28N2O4/c1-7-20-16(21-8-2)14(13(5)6)15(11-18,12-19)17(16,22-9-3)23-10-4/h13-14H,7-10H2,1-6H3. The summed E-state index contributed by atoms with van der Waals surface area (Å²) in [6.45, 7) is 12.5. The van der Waals surface area contributed by atoms with Crippen LogP contribution in [-0.4, -0.2) is 38.0 Å². The van der Waals surface area contributed by atoms with E-state index < -0.39 is 22.9 Å². The molecule has 0 amide bonds. The minimum Gasteiger partial charge on any atom is -0.345 e. The molecule has 6 heteroatoms. The predicted molar refractivity (Wildman–Crippen MR) is 84.0 cm³/mol. The lowest BCUT2D eigenvalue weighted by Gasteiger charge is -2.67. The normalized spacial score (nSPS) is 23.8. The Kier molecular flexibility index (Phi) is 6.56. The fourth-order valence-electron chi connectivity index (χ4n) is 3.86. The van der Waals surface area contributed by atoms with Crippen LogP contribution >= 0.6 is 0 Å². The number of rotatable bonds is 9. The fraction of sp³-hybridized carbons (Fsp3) is 0.882. The van der Waals surface area contributed by atoms with Gasteiger partial charge < -0.3 is 18.9 Å². The quantitative estimate of drug-likeness (QED) is 0.606. The summed E-state index contributed by atoms with van der Waals surface area (Å²) in [5, 5.41) is 19.7. The molecule has 0 aromatic carbocycles. The average molecular weight is 324 g/mol. The van der Waals surface area contributed by atoms with E-state index in [4.69, 9.17) is 18.9 Å². The zero-order valence-electron chi connectivity index (χ0n) is 15.0. The van der Waals surface area contributed by atoms with E-state index in [1.165, 1.54) is 0 Å². The Bertz CT molecular complexity index is 452. The summed E-state index contributed by atoms with van der Waals surface area (Å²) in [6, 6.07) is 4.31. The van der Waals surface area contributed by atoms with Crippen LogP contribution in [0, 0.1) is 39.9 Å². The second kappa shape index (κ2) is 7.59. The summed E-state index contributed by atoms with van der Waals surface area (Å²) >= 11 is 0. The maximum atomic E-state index is 9.87. The van der Waals surface area contributed by atoms with E-state index in [0.717, 1.165) is 0 Å². The molecule has 1 fully saturated rings. The summed E-state index contributed by atoms with van der Waals surface area (Å²) < 4.78 is 23.7. The lowest BCUT2D eigenvalue weighted by Crippen LogP contribution is -2.85. The van der Waals surface area contributed by atoms with Crippen molar-refractivity contribution in [3.05, 3.63) is 0 Å². The number of ether oxygens (including phenoxy) is 4. The molecule has 6 nitrogen and oxygen atoms in total. The maximum Gasteiger partial charge on any atom is 0.257 e. The Morgan fingerprint density at radius 2 is 1.22 bits per heavy atom. The highest BCUT2D eigenvalue weighted by molar-refractivity contribution is 5.37. The molecule has 0 aliphatic heterocycles. The first-order valence-electron chi connectivity index (χ1n) is 8.31. The zero-order valence-corrected chi connectivity index (χ0v) is 15.0. The molecule has 0 radical (unpaired) electrons. The van der Waals surface area contributed by atoms with Gasteiger partial charge in [-0.2, -0.15) is 10.5 Å². The van der Waals surface area contributed by atoms with Gasteiger partial charge in [0.2, 0.25) is 11.2 Å². The maximum absolute atomic E-state index is 9.87. The van der Waals surface area contributed by atoms with Gasteiger partial charge in [0.25, 0.3) is 5.79 Å². The van der Waals surface area contributed by atoms with Crippen molar-refractivity contribution in [2.24, 2.45) is 17.3 Å². The van der Waals surface area contributed by atoms with Crippen LogP contribution in [-0.2, 0) is 18.9 Å². The molecule has 1 atom stereocenters. The van der Waals surface area contributed by atoms with Crippen LogP contribution in [0.2, 0.25) is 0 Å². The summed E-state index contributed by atoms with van der Waals surface area (Å²) in [5.74, 6) is -3.35. The number of nitriles is 2. The minimum atomic E-state index is -1.56. The molecule has 0 bridgehead atoms. The van der Waals surface area contributed by atoms with Crippen molar-refractivity contribution in [2.75, 3.05) is 26.4 Å². The lowest BCUT2D eigenvalue weighted by molar-refractivity contribution is -0.517. The molecule has 1 unspecified atom stereocenters. The van der Waals surface area contributed by atoms with Crippen molar-refractivity contribution in [3.8, 4) is 12.1 Å². The van der Waals surface area contributed by atoms with Gasteiger partial charge in [0.1, 0.15) is 0 Å². The van der Waals surface area contributed by atoms with E-state index in [-0.39, 0.29) is 19.1 Å². The van der Waals surface area contributed by atoms with Gasteiger partial charge in [-0.05, 0) is 33.6 Å². The van der Waals surface area contributed by atoms with Crippen molar-refractivity contribution >= 4 is 0 Å². The third-order valence-electron chi connectivity index (χ3n) is 4.29. The monoisotopic (exact) mass is 324 g/mol. The lowest BCUT2D eigenvalue weighted by atomic mass is 9.48. The van der Waals surface area contributed by atoms with Gasteiger partial charge in [-0.25, -0.2) is 0 Å². The molecule has 0 N–H and O–H groups in total. The highest BCUT2D eigenvalue weighted by atomic mass is 16.8. The summed E-state index contributed by atoms with van der Waals surface area (Å²) in [6.07, 6.45) is 0. The zero-order chi connectivity index (χ0) is 17.7. The molecule has 0 saturated heterocycles. The van der Waals surface area contributed by atoms with Crippen LogP contribution in [0.4, 0.5) is 0 Å². The first kappa shape index (κ1) is 19.9. The highest BCUT2D eigenvalue weighted by Gasteiger charge is 2.87. The van der Waals surface area contributed by atoms with Gasteiger partial charge >= 0.3 is 0 Å². The van der Waals surface area contributed by atoms with Crippen molar-refractivity contribution in [3.63, 3.8) is 0 Å². The van der Waals surface area contributed by atoms with Gasteiger partial charge in [0, 0.05) is 26.4 Å². The van der Waals surface area contributed by atoms with Gasteiger partial charge in [-0.1, -0.05) is 13.8 Å². The molecule has 0 heterocycles. The van der Waals surface area contributed by atoms with Crippen LogP contribution in [0.1, 0.15) is 41.5 Å². The van der Waals surface area contributed by atoms with Crippen molar-refractivity contribution in [1.29, 1.82) is 10.5 Å². The fourth-order valence-corrected chi connectivity index (χ4v) is 3.86. The van der Waals surface area contributed by atoms with Crippen LogP contribution in [0.5, 0.6) is 0 Å². The Labute approximate surface area is 139 Å². The molecule has 0 aromatic heterocycles. The molecule has 0 aromatic rings. The molecule has 1 aliphatic carbocycles. The number of hydrogen-bond acceptors (Lipinski definition) is 6. The second-order valence-corrected chi connectivity index (χ2v) is 5.77. The first-order chi connectivity index (χ1) is 10.9. The van der Waals surface area contributed by atoms with Crippen LogP contribution in [0.25, 0.3) is 0 Å². The minimum absolute atomic E-state index is 0.0264. The SMILES string of the molecule is CCOC1(OCC)C(C(C)C)C(C#N)(C#N)C1(OCC)OCC. The van der Waals surface area contributed by atoms with Crippen LogP contribution < -0.4 is 0 Å².